The zero-order valence-electron chi connectivity index (χ0n) is 11.4. The van der Waals surface area contributed by atoms with Crippen LogP contribution in [0.4, 0.5) is 0 Å². The summed E-state index contributed by atoms with van der Waals surface area (Å²) < 4.78 is 2.10. The largest absolute Gasteiger partial charge is 0.355 e. The lowest BCUT2D eigenvalue weighted by molar-refractivity contribution is -0.118. The molecule has 1 atom stereocenters. The number of imidazole rings is 1. The van der Waals surface area contributed by atoms with Crippen molar-refractivity contribution in [3.63, 3.8) is 0 Å². The number of rotatable bonds is 4. The van der Waals surface area contributed by atoms with Gasteiger partial charge in [-0.25, -0.2) is 4.98 Å². The number of aromatic nitrogens is 2. The first-order chi connectivity index (χ1) is 9.00. The second-order valence-electron chi connectivity index (χ2n) is 4.66. The summed E-state index contributed by atoms with van der Waals surface area (Å²) >= 11 is 6.20. The Balaban J connectivity index is 2.42. The summed E-state index contributed by atoms with van der Waals surface area (Å²) in [5.41, 5.74) is 3.21. The predicted molar refractivity (Wildman–Crippen MR) is 77.4 cm³/mol. The second-order valence-corrected chi connectivity index (χ2v) is 5.32. The first-order valence-corrected chi connectivity index (χ1v) is 6.78. The van der Waals surface area contributed by atoms with Gasteiger partial charge in [0.05, 0.1) is 16.4 Å². The van der Waals surface area contributed by atoms with Gasteiger partial charge in [0.1, 0.15) is 5.82 Å². The molecule has 1 heterocycles. The summed E-state index contributed by atoms with van der Waals surface area (Å²) in [6.45, 7) is 6.73. The van der Waals surface area contributed by atoms with Crippen LogP contribution in [0.25, 0.3) is 11.0 Å². The zero-order valence-corrected chi connectivity index (χ0v) is 12.2. The van der Waals surface area contributed by atoms with Crippen molar-refractivity contribution in [2.45, 2.75) is 32.7 Å². The molecule has 0 radical (unpaired) electrons. The molecule has 2 aromatic rings. The lowest BCUT2D eigenvalue weighted by Gasteiger charge is -2.11. The average Bonchev–Trinajstić information content (AvgIpc) is 2.69. The minimum Gasteiger partial charge on any atom is -0.355 e. The van der Waals surface area contributed by atoms with Crippen molar-refractivity contribution in [2.24, 2.45) is 0 Å². The van der Waals surface area contributed by atoms with Crippen LogP contribution in [-0.4, -0.2) is 22.0 Å². The predicted octanol–water partition coefficient (Wildman–Crippen LogP) is 2.78. The molecular formula is C14H18ClN3O. The lowest BCUT2D eigenvalue weighted by atomic mass is 10.2. The molecule has 102 valence electrons. The highest BCUT2D eigenvalue weighted by atomic mass is 35.5. The van der Waals surface area contributed by atoms with Gasteiger partial charge in [-0.2, -0.15) is 0 Å². The van der Waals surface area contributed by atoms with Gasteiger partial charge in [0.15, 0.2) is 0 Å². The smallest absolute Gasteiger partial charge is 0.216 e. The number of carbonyl (C=O) groups is 1. The molecule has 0 aliphatic carbocycles. The normalized spacial score (nSPS) is 12.6. The summed E-state index contributed by atoms with van der Waals surface area (Å²) in [4.78, 5) is 15.5. The zero-order chi connectivity index (χ0) is 14.0. The van der Waals surface area contributed by atoms with Crippen LogP contribution in [0.1, 0.15) is 30.6 Å². The molecule has 19 heavy (non-hydrogen) atoms. The fourth-order valence-electron chi connectivity index (χ4n) is 2.26. The third-order valence-electron chi connectivity index (χ3n) is 3.06. The molecule has 1 aromatic carbocycles. The Hall–Kier alpha value is -1.55. The van der Waals surface area contributed by atoms with E-state index in [4.69, 9.17) is 11.6 Å². The van der Waals surface area contributed by atoms with Crippen LogP contribution in [0, 0.1) is 6.92 Å². The molecule has 1 N–H and O–H groups in total. The molecule has 0 bridgehead atoms. The first-order valence-electron chi connectivity index (χ1n) is 6.35. The maximum Gasteiger partial charge on any atom is 0.216 e. The molecule has 0 spiro atoms. The number of benzene rings is 1. The van der Waals surface area contributed by atoms with Crippen molar-refractivity contribution in [3.05, 3.63) is 29.6 Å². The van der Waals surface area contributed by atoms with Gasteiger partial charge >= 0.3 is 0 Å². The Morgan fingerprint density at radius 2 is 2.26 bits per heavy atom. The standard InChI is InChI=1S/C14H18ClN3O/c1-9-5-4-6-12-13(9)18(8-7-16-11(3)19)14(17-12)10(2)15/h4-6,10H,7-8H2,1-3H3,(H,16,19). The van der Waals surface area contributed by atoms with Gasteiger partial charge in [0.2, 0.25) is 5.91 Å². The molecule has 0 saturated carbocycles. The van der Waals surface area contributed by atoms with Gasteiger partial charge < -0.3 is 9.88 Å². The van der Waals surface area contributed by atoms with Crippen LogP contribution in [0.15, 0.2) is 18.2 Å². The van der Waals surface area contributed by atoms with Crippen LogP contribution in [0.2, 0.25) is 0 Å². The molecule has 0 aliphatic rings. The monoisotopic (exact) mass is 279 g/mol. The van der Waals surface area contributed by atoms with Gasteiger partial charge in [0, 0.05) is 20.0 Å². The van der Waals surface area contributed by atoms with E-state index in [1.54, 1.807) is 0 Å². The molecular weight excluding hydrogens is 262 g/mol. The van der Waals surface area contributed by atoms with Crippen LogP contribution < -0.4 is 5.32 Å². The van der Waals surface area contributed by atoms with E-state index in [2.05, 4.69) is 27.9 Å². The Morgan fingerprint density at radius 1 is 1.53 bits per heavy atom. The van der Waals surface area contributed by atoms with Gasteiger partial charge in [-0.3, -0.25) is 4.79 Å². The van der Waals surface area contributed by atoms with Crippen molar-refractivity contribution in [1.29, 1.82) is 0 Å². The molecule has 0 saturated heterocycles. The Kier molecular flexibility index (Phi) is 4.10. The number of hydrogen-bond donors (Lipinski definition) is 1. The summed E-state index contributed by atoms with van der Waals surface area (Å²) in [7, 11) is 0. The first kappa shape index (κ1) is 13.9. The minimum atomic E-state index is -0.163. The molecule has 2 rings (SSSR count). The third-order valence-corrected chi connectivity index (χ3v) is 3.26. The van der Waals surface area contributed by atoms with Gasteiger partial charge in [-0.1, -0.05) is 12.1 Å². The maximum atomic E-state index is 11.0. The van der Waals surface area contributed by atoms with E-state index in [1.807, 2.05) is 19.1 Å². The third kappa shape index (κ3) is 2.89. The van der Waals surface area contributed by atoms with Gasteiger partial charge in [-0.05, 0) is 25.5 Å². The highest BCUT2D eigenvalue weighted by Gasteiger charge is 2.15. The van der Waals surface area contributed by atoms with E-state index in [1.165, 1.54) is 6.92 Å². The average molecular weight is 280 g/mol. The number of nitrogens with zero attached hydrogens (tertiary/aromatic N) is 2. The van der Waals surface area contributed by atoms with Crippen LogP contribution in [-0.2, 0) is 11.3 Å². The van der Waals surface area contributed by atoms with Gasteiger partial charge in [0.25, 0.3) is 0 Å². The van der Waals surface area contributed by atoms with Crippen molar-refractivity contribution in [1.82, 2.24) is 14.9 Å². The van der Waals surface area contributed by atoms with E-state index in [-0.39, 0.29) is 11.3 Å². The van der Waals surface area contributed by atoms with Crippen LogP contribution in [0.3, 0.4) is 0 Å². The molecule has 1 unspecified atom stereocenters. The Labute approximate surface area is 117 Å². The summed E-state index contributed by atoms with van der Waals surface area (Å²) in [6.07, 6.45) is 0. The fourth-order valence-corrected chi connectivity index (χ4v) is 2.42. The van der Waals surface area contributed by atoms with Crippen LogP contribution in [0.5, 0.6) is 0 Å². The number of halogens is 1. The van der Waals surface area contributed by atoms with Crippen molar-refractivity contribution in [3.8, 4) is 0 Å². The number of aryl methyl sites for hydroxylation is 1. The summed E-state index contributed by atoms with van der Waals surface area (Å²) in [5, 5.41) is 2.64. The molecule has 4 nitrogen and oxygen atoms in total. The van der Waals surface area contributed by atoms with E-state index in [0.717, 1.165) is 22.4 Å². The molecule has 0 fully saturated rings. The van der Waals surface area contributed by atoms with E-state index >= 15 is 0 Å². The lowest BCUT2D eigenvalue weighted by Crippen LogP contribution is -2.25. The topological polar surface area (TPSA) is 46.9 Å². The van der Waals surface area contributed by atoms with Crippen molar-refractivity contribution >= 4 is 28.5 Å². The van der Waals surface area contributed by atoms with E-state index in [9.17, 15) is 4.79 Å². The summed E-state index contributed by atoms with van der Waals surface area (Å²) in [5.74, 6) is 0.818. The second kappa shape index (κ2) is 5.61. The highest BCUT2D eigenvalue weighted by molar-refractivity contribution is 6.20. The maximum absolute atomic E-state index is 11.0. The Morgan fingerprint density at radius 3 is 2.89 bits per heavy atom. The fraction of sp³-hybridized carbons (Fsp3) is 0.429. The SMILES string of the molecule is CC(=O)NCCn1c(C(C)Cl)nc2cccc(C)c21. The molecule has 1 aromatic heterocycles. The highest BCUT2D eigenvalue weighted by Crippen LogP contribution is 2.26. The molecule has 5 heteroatoms. The van der Waals surface area contributed by atoms with E-state index in [0.29, 0.717) is 13.1 Å². The number of fused-ring (bicyclic) bond motifs is 1. The quantitative estimate of drug-likeness (QED) is 0.875. The number of hydrogen-bond acceptors (Lipinski definition) is 2. The number of alkyl halides is 1. The number of para-hydroxylation sites is 1. The number of nitrogens with one attached hydrogen (secondary N) is 1. The van der Waals surface area contributed by atoms with Crippen LogP contribution >= 0.6 is 11.6 Å². The van der Waals surface area contributed by atoms with Crippen molar-refractivity contribution in [2.75, 3.05) is 6.54 Å². The van der Waals surface area contributed by atoms with Crippen molar-refractivity contribution < 1.29 is 4.79 Å². The summed E-state index contributed by atoms with van der Waals surface area (Å²) in [6, 6.07) is 6.03. The Bertz CT molecular complexity index is 604. The van der Waals surface area contributed by atoms with E-state index < -0.39 is 0 Å². The minimum absolute atomic E-state index is 0.0263. The molecule has 1 amide bonds. The molecule has 0 aliphatic heterocycles. The number of amides is 1. The number of carbonyl (C=O) groups excluding carboxylic acids is 1. The van der Waals surface area contributed by atoms with Gasteiger partial charge in [-0.15, -0.1) is 11.6 Å².